The van der Waals surface area contributed by atoms with Gasteiger partial charge in [-0.25, -0.2) is 0 Å². The maximum absolute atomic E-state index is 7.72. The molecule has 1 aliphatic heterocycles. The van der Waals surface area contributed by atoms with Gasteiger partial charge in [0.15, 0.2) is 0 Å². The Hall–Kier alpha value is -0.860. The van der Waals surface area contributed by atoms with Crippen LogP contribution in [0.3, 0.4) is 0 Å². The van der Waals surface area contributed by atoms with Crippen molar-refractivity contribution in [2.45, 2.75) is 6.10 Å². The highest BCUT2D eigenvalue weighted by Gasteiger charge is 2.14. The van der Waals surface area contributed by atoms with E-state index in [2.05, 4.69) is 5.32 Å². The van der Waals surface area contributed by atoms with Crippen molar-refractivity contribution in [2.24, 2.45) is 0 Å². The topological polar surface area (TPSA) is 21.3 Å². The Labute approximate surface area is 75.4 Å². The van der Waals surface area contributed by atoms with Crippen molar-refractivity contribution in [3.05, 3.63) is 35.8 Å². The van der Waals surface area contributed by atoms with Crippen LogP contribution in [0.15, 0.2) is 30.3 Å². The lowest BCUT2D eigenvalue weighted by Gasteiger charge is -2.23. The minimum Gasteiger partial charge on any atom is -0.371 e. The second-order valence-corrected chi connectivity index (χ2v) is 2.81. The molecule has 1 N–H and O–H groups in total. The van der Waals surface area contributed by atoms with Gasteiger partial charge >= 0.3 is 0 Å². The van der Waals surface area contributed by atoms with Crippen molar-refractivity contribution < 1.29 is 7.48 Å². The summed E-state index contributed by atoms with van der Waals surface area (Å²) in [6.07, 6.45) is -0.0307. The van der Waals surface area contributed by atoms with Gasteiger partial charge in [0.05, 0.1) is 15.5 Å². The molecule has 0 aromatic heterocycles. The van der Waals surface area contributed by atoms with Crippen molar-refractivity contribution in [1.29, 1.82) is 0 Å². The summed E-state index contributed by atoms with van der Waals surface area (Å²) < 4.78 is 20.6. The highest BCUT2D eigenvalue weighted by molar-refractivity contribution is 5.18. The molecule has 0 amide bonds. The van der Waals surface area contributed by atoms with Crippen LogP contribution in [-0.4, -0.2) is 19.7 Å². The van der Waals surface area contributed by atoms with Crippen LogP contribution in [-0.2, 0) is 4.74 Å². The summed E-state index contributed by atoms with van der Waals surface area (Å²) in [4.78, 5) is 0. The van der Waals surface area contributed by atoms with Crippen LogP contribution in [0.25, 0.3) is 0 Å². The lowest BCUT2D eigenvalue weighted by atomic mass is 10.1. The molecule has 1 saturated heterocycles. The van der Waals surface area contributed by atoms with Crippen molar-refractivity contribution in [2.75, 3.05) is 19.7 Å². The molecule has 0 radical (unpaired) electrons. The van der Waals surface area contributed by atoms with E-state index in [-0.39, 0.29) is 6.10 Å². The van der Waals surface area contributed by atoms with Crippen molar-refractivity contribution in [3.63, 3.8) is 0 Å². The lowest BCUT2D eigenvalue weighted by molar-refractivity contribution is 0.0277. The number of hydrogen-bond acceptors (Lipinski definition) is 2. The summed E-state index contributed by atoms with van der Waals surface area (Å²) in [5, 5.41) is 3.22. The molecule has 64 valence electrons. The normalized spacial score (nSPS) is 26.2. The van der Waals surface area contributed by atoms with E-state index in [0.29, 0.717) is 18.7 Å². The molecule has 1 fully saturated rings. The van der Waals surface area contributed by atoms with Crippen molar-refractivity contribution >= 4 is 0 Å². The van der Waals surface area contributed by atoms with Crippen molar-refractivity contribution in [1.82, 2.24) is 5.32 Å². The van der Waals surface area contributed by atoms with Gasteiger partial charge < -0.3 is 10.1 Å². The monoisotopic (exact) mass is 165 g/mol. The first-order chi connectivity index (χ1) is 6.77. The van der Waals surface area contributed by atoms with Gasteiger partial charge in [0.2, 0.25) is 0 Å². The van der Waals surface area contributed by atoms with Gasteiger partial charge in [-0.1, -0.05) is 30.3 Å². The summed E-state index contributed by atoms with van der Waals surface area (Å²) in [5.41, 5.74) is 0.869. The van der Waals surface area contributed by atoms with Gasteiger partial charge in [0.1, 0.15) is 0 Å². The highest BCUT2D eigenvalue weighted by atomic mass is 16.5. The van der Waals surface area contributed by atoms with Gasteiger partial charge in [-0.05, 0) is 5.56 Å². The zero-order chi connectivity index (χ0) is 9.97. The quantitative estimate of drug-likeness (QED) is 0.678. The number of hydrogen-bond donors (Lipinski definition) is 1. The fourth-order valence-electron chi connectivity index (χ4n) is 1.32. The first-order valence-corrected chi connectivity index (χ1v) is 4.17. The van der Waals surface area contributed by atoms with E-state index in [9.17, 15) is 0 Å². The predicted octanol–water partition coefficient (Wildman–Crippen LogP) is 1.35. The Bertz CT molecular complexity index is 324. The van der Waals surface area contributed by atoms with E-state index in [0.717, 1.165) is 18.7 Å². The maximum atomic E-state index is 7.72. The smallest absolute Gasteiger partial charge is 0.0949 e. The first-order valence-electron chi connectivity index (χ1n) is 5.17. The highest BCUT2D eigenvalue weighted by Crippen LogP contribution is 2.17. The van der Waals surface area contributed by atoms with Gasteiger partial charge in [-0.3, -0.25) is 0 Å². The van der Waals surface area contributed by atoms with Crippen LogP contribution >= 0.6 is 0 Å². The van der Waals surface area contributed by atoms with Crippen LogP contribution in [0.1, 0.15) is 14.4 Å². The van der Waals surface area contributed by atoms with E-state index in [1.807, 2.05) is 6.07 Å². The first kappa shape index (κ1) is 5.73. The Balaban J connectivity index is 2.22. The molecule has 2 rings (SSSR count). The Morgan fingerprint density at radius 1 is 1.58 bits per heavy atom. The number of nitrogens with one attached hydrogen (secondary N) is 1. The van der Waals surface area contributed by atoms with Crippen LogP contribution in [0.4, 0.5) is 0 Å². The Morgan fingerprint density at radius 2 is 2.58 bits per heavy atom. The summed E-state index contributed by atoms with van der Waals surface area (Å²) in [6.45, 7) is 2.32. The molecule has 0 spiro atoms. The molecule has 0 aliphatic carbocycles. The molecule has 1 aromatic carbocycles. The maximum Gasteiger partial charge on any atom is 0.0949 e. The SMILES string of the molecule is [2H]c1ccc(C2CNCCO2)c([2H])c1. The van der Waals surface area contributed by atoms with Crippen molar-refractivity contribution in [3.8, 4) is 0 Å². The Kier molecular flexibility index (Phi) is 1.76. The molecule has 1 unspecified atom stereocenters. The number of rotatable bonds is 1. The summed E-state index contributed by atoms with van der Waals surface area (Å²) in [7, 11) is 0. The lowest BCUT2D eigenvalue weighted by Crippen LogP contribution is -2.33. The minimum atomic E-state index is -0.0307. The standard InChI is InChI=1S/C10H13NO/c1-2-4-9(5-3-1)10-8-11-6-7-12-10/h1-5,10-11H,6-8H2/i1D,4D. The molecule has 1 aliphatic rings. The summed E-state index contributed by atoms with van der Waals surface area (Å²) in [6, 6.07) is 5.83. The molecule has 1 aromatic rings. The molecule has 2 nitrogen and oxygen atoms in total. The van der Waals surface area contributed by atoms with Crippen LogP contribution in [0, 0.1) is 0 Å². The van der Waals surface area contributed by atoms with E-state index in [1.165, 1.54) is 0 Å². The fourth-order valence-corrected chi connectivity index (χ4v) is 1.32. The molecular weight excluding hydrogens is 150 g/mol. The summed E-state index contributed by atoms with van der Waals surface area (Å²) >= 11 is 0. The molecular formula is C10H13NO. The number of ether oxygens (including phenoxy) is 1. The predicted molar refractivity (Wildman–Crippen MR) is 48.0 cm³/mol. The average Bonchev–Trinajstić information content (AvgIpc) is 2.19. The molecule has 0 saturated carbocycles. The molecule has 2 heteroatoms. The van der Waals surface area contributed by atoms with Crippen LogP contribution in [0.5, 0.6) is 0 Å². The molecule has 0 bridgehead atoms. The largest absolute Gasteiger partial charge is 0.371 e. The zero-order valence-electron chi connectivity index (χ0n) is 8.84. The van der Waals surface area contributed by atoms with Crippen LogP contribution in [0.2, 0.25) is 0 Å². The fraction of sp³-hybridized carbons (Fsp3) is 0.400. The Morgan fingerprint density at radius 3 is 3.33 bits per heavy atom. The van der Waals surface area contributed by atoms with E-state index < -0.39 is 0 Å². The van der Waals surface area contributed by atoms with Gasteiger partial charge in [-0.2, -0.15) is 0 Å². The van der Waals surface area contributed by atoms with E-state index in [1.54, 1.807) is 12.1 Å². The zero-order valence-corrected chi connectivity index (χ0v) is 6.84. The van der Waals surface area contributed by atoms with E-state index in [4.69, 9.17) is 7.48 Å². The third kappa shape index (κ3) is 1.65. The third-order valence-corrected chi connectivity index (χ3v) is 1.96. The second kappa shape index (κ2) is 3.70. The minimum absolute atomic E-state index is 0.0307. The second-order valence-electron chi connectivity index (χ2n) is 2.81. The molecule has 1 atom stereocenters. The van der Waals surface area contributed by atoms with Gasteiger partial charge in [0.25, 0.3) is 0 Å². The van der Waals surface area contributed by atoms with Gasteiger partial charge in [0, 0.05) is 13.1 Å². The number of benzene rings is 1. The molecule has 12 heavy (non-hydrogen) atoms. The van der Waals surface area contributed by atoms with Gasteiger partial charge in [-0.15, -0.1) is 0 Å². The number of morpholine rings is 1. The molecule has 1 heterocycles. The van der Waals surface area contributed by atoms with Crippen LogP contribution < -0.4 is 5.32 Å². The average molecular weight is 165 g/mol. The third-order valence-electron chi connectivity index (χ3n) is 1.96. The summed E-state index contributed by atoms with van der Waals surface area (Å²) in [5.74, 6) is 0. The van der Waals surface area contributed by atoms with E-state index >= 15 is 0 Å².